The monoisotopic (exact) mass is 550 g/mol. The van der Waals surface area contributed by atoms with Crippen molar-refractivity contribution >= 4 is 24.2 Å². The minimum Gasteiger partial charge on any atom is -0.445 e. The number of alkyl carbamates (subject to hydrolysis) is 3. The summed E-state index contributed by atoms with van der Waals surface area (Å²) in [4.78, 5) is 48.7. The first-order valence-electron chi connectivity index (χ1n) is 13.4. The highest BCUT2D eigenvalue weighted by atomic mass is 16.6. The van der Waals surface area contributed by atoms with Crippen LogP contribution >= 0.6 is 0 Å². The number of hydrogen-bond donors (Lipinski definition) is 4. The van der Waals surface area contributed by atoms with E-state index in [-0.39, 0.29) is 12.5 Å². The van der Waals surface area contributed by atoms with Crippen LogP contribution in [0.4, 0.5) is 14.4 Å². The van der Waals surface area contributed by atoms with E-state index in [0.717, 1.165) is 5.56 Å². The van der Waals surface area contributed by atoms with Crippen LogP contribution in [0, 0.1) is 0 Å². The van der Waals surface area contributed by atoms with Gasteiger partial charge in [-0.25, -0.2) is 14.4 Å². The average molecular weight is 551 g/mol. The molecule has 220 valence electrons. The summed E-state index contributed by atoms with van der Waals surface area (Å²) in [5, 5.41) is 10.8. The lowest BCUT2D eigenvalue weighted by molar-refractivity contribution is -0.123. The molecule has 0 spiro atoms. The van der Waals surface area contributed by atoms with Crippen LogP contribution in [0.15, 0.2) is 30.3 Å². The Morgan fingerprint density at radius 1 is 0.692 bits per heavy atom. The number of nitrogens with one attached hydrogen (secondary N) is 4. The summed E-state index contributed by atoms with van der Waals surface area (Å²) >= 11 is 0. The van der Waals surface area contributed by atoms with Crippen LogP contribution in [0.2, 0.25) is 0 Å². The molecule has 4 N–H and O–H groups in total. The molecule has 39 heavy (non-hydrogen) atoms. The van der Waals surface area contributed by atoms with Gasteiger partial charge >= 0.3 is 18.3 Å². The number of ether oxygens (including phenoxy) is 3. The quantitative estimate of drug-likeness (QED) is 0.199. The number of carbonyl (C=O) groups excluding carboxylic acids is 4. The topological polar surface area (TPSA) is 144 Å². The Bertz CT molecular complexity index is 895. The Balaban J connectivity index is 2.47. The standard InChI is InChI=1S/C28H46N4O7/c1-27(2,3)38-24(34)30-18-11-10-16-22(32-26(36)37-20-21-14-8-7-9-15-21)23(33)29-17-12-13-19-31-25(35)39-28(4,5)6/h7-9,14-15,22H,10-13,16-20H2,1-6H3,(H,29,33)(H,30,34)(H,31,35)(H,32,36). The molecule has 1 unspecified atom stereocenters. The molecule has 0 aromatic heterocycles. The number of benzene rings is 1. The van der Waals surface area contributed by atoms with Gasteiger partial charge in [0, 0.05) is 19.6 Å². The molecule has 1 atom stereocenters. The van der Waals surface area contributed by atoms with Crippen molar-refractivity contribution in [1.82, 2.24) is 21.3 Å². The lowest BCUT2D eigenvalue weighted by Gasteiger charge is -2.20. The molecule has 0 aliphatic heterocycles. The molecule has 0 saturated heterocycles. The molecule has 0 aliphatic carbocycles. The van der Waals surface area contributed by atoms with Gasteiger partial charge in [-0.05, 0) is 79.2 Å². The van der Waals surface area contributed by atoms with Crippen molar-refractivity contribution in [2.45, 2.75) is 97.5 Å². The van der Waals surface area contributed by atoms with Crippen molar-refractivity contribution in [3.8, 4) is 0 Å². The molecular formula is C28H46N4O7. The zero-order valence-electron chi connectivity index (χ0n) is 24.2. The van der Waals surface area contributed by atoms with Crippen molar-refractivity contribution in [2.75, 3.05) is 19.6 Å². The molecule has 0 bridgehead atoms. The molecule has 1 aromatic rings. The van der Waals surface area contributed by atoms with Crippen molar-refractivity contribution in [3.05, 3.63) is 35.9 Å². The van der Waals surface area contributed by atoms with Gasteiger partial charge in [0.05, 0.1) is 0 Å². The smallest absolute Gasteiger partial charge is 0.408 e. The first kappa shape index (κ1) is 33.5. The molecule has 0 fully saturated rings. The molecular weight excluding hydrogens is 504 g/mol. The average Bonchev–Trinajstić information content (AvgIpc) is 2.82. The number of carbonyl (C=O) groups is 4. The number of unbranched alkanes of at least 4 members (excludes halogenated alkanes) is 2. The van der Waals surface area contributed by atoms with Gasteiger partial charge in [-0.15, -0.1) is 0 Å². The predicted octanol–water partition coefficient (Wildman–Crippen LogP) is 4.40. The Hall–Kier alpha value is -3.50. The highest BCUT2D eigenvalue weighted by Gasteiger charge is 2.21. The van der Waals surface area contributed by atoms with Gasteiger partial charge in [0.2, 0.25) is 5.91 Å². The molecule has 4 amide bonds. The molecule has 0 heterocycles. The van der Waals surface area contributed by atoms with Gasteiger partial charge in [-0.2, -0.15) is 0 Å². The van der Waals surface area contributed by atoms with E-state index in [1.54, 1.807) is 41.5 Å². The van der Waals surface area contributed by atoms with E-state index in [1.807, 2.05) is 30.3 Å². The Kier molecular flexibility index (Phi) is 14.8. The first-order chi connectivity index (χ1) is 18.2. The first-order valence-corrected chi connectivity index (χ1v) is 13.4. The third-order valence-electron chi connectivity index (χ3n) is 4.98. The normalized spacial score (nSPS) is 12.1. The fourth-order valence-corrected chi connectivity index (χ4v) is 3.24. The van der Waals surface area contributed by atoms with Crippen molar-refractivity contribution in [3.63, 3.8) is 0 Å². The highest BCUT2D eigenvalue weighted by Crippen LogP contribution is 2.08. The van der Waals surface area contributed by atoms with E-state index >= 15 is 0 Å². The molecule has 0 aliphatic rings. The Morgan fingerprint density at radius 2 is 1.18 bits per heavy atom. The SMILES string of the molecule is CC(C)(C)OC(=O)NCCCCNC(=O)C(CCCCNC(=O)OC(C)(C)C)NC(=O)OCc1ccccc1. The fraction of sp³-hybridized carbons (Fsp3) is 0.643. The van der Waals surface area contributed by atoms with E-state index in [9.17, 15) is 19.2 Å². The zero-order chi connectivity index (χ0) is 29.3. The summed E-state index contributed by atoms with van der Waals surface area (Å²) in [6.45, 7) is 12.0. The summed E-state index contributed by atoms with van der Waals surface area (Å²) in [7, 11) is 0. The molecule has 11 heteroatoms. The second-order valence-corrected chi connectivity index (χ2v) is 11.1. The lowest BCUT2D eigenvalue weighted by Crippen LogP contribution is -2.47. The Labute approximate surface area is 232 Å². The van der Waals surface area contributed by atoms with E-state index < -0.39 is 35.5 Å². The highest BCUT2D eigenvalue weighted by molar-refractivity contribution is 5.85. The van der Waals surface area contributed by atoms with Crippen LogP contribution in [0.3, 0.4) is 0 Å². The third kappa shape index (κ3) is 18.4. The molecule has 0 radical (unpaired) electrons. The van der Waals surface area contributed by atoms with Gasteiger partial charge in [-0.3, -0.25) is 4.79 Å². The van der Waals surface area contributed by atoms with E-state index in [0.29, 0.717) is 51.7 Å². The van der Waals surface area contributed by atoms with Crippen LogP contribution < -0.4 is 21.3 Å². The minimum atomic E-state index is -0.797. The van der Waals surface area contributed by atoms with Gasteiger partial charge in [0.15, 0.2) is 0 Å². The van der Waals surface area contributed by atoms with E-state index in [1.165, 1.54) is 0 Å². The van der Waals surface area contributed by atoms with Gasteiger partial charge in [0.25, 0.3) is 0 Å². The van der Waals surface area contributed by atoms with Crippen LogP contribution in [-0.2, 0) is 25.6 Å². The van der Waals surface area contributed by atoms with Crippen molar-refractivity contribution < 1.29 is 33.4 Å². The maximum absolute atomic E-state index is 12.8. The van der Waals surface area contributed by atoms with E-state index in [2.05, 4.69) is 21.3 Å². The van der Waals surface area contributed by atoms with Crippen LogP contribution in [0.25, 0.3) is 0 Å². The summed E-state index contributed by atoms with van der Waals surface area (Å²) in [6.07, 6.45) is 1.15. The number of hydrogen-bond acceptors (Lipinski definition) is 7. The number of amides is 4. The third-order valence-corrected chi connectivity index (χ3v) is 4.98. The largest absolute Gasteiger partial charge is 0.445 e. The van der Waals surface area contributed by atoms with Crippen LogP contribution in [0.1, 0.15) is 79.2 Å². The zero-order valence-corrected chi connectivity index (χ0v) is 24.2. The molecule has 0 saturated carbocycles. The predicted molar refractivity (Wildman–Crippen MR) is 148 cm³/mol. The molecule has 1 aromatic carbocycles. The van der Waals surface area contributed by atoms with Crippen molar-refractivity contribution in [2.24, 2.45) is 0 Å². The van der Waals surface area contributed by atoms with Gasteiger partial charge < -0.3 is 35.5 Å². The Morgan fingerprint density at radius 3 is 1.69 bits per heavy atom. The summed E-state index contributed by atoms with van der Waals surface area (Å²) in [5.74, 6) is -0.327. The van der Waals surface area contributed by atoms with E-state index in [4.69, 9.17) is 14.2 Å². The van der Waals surface area contributed by atoms with Gasteiger partial charge in [-0.1, -0.05) is 30.3 Å². The maximum Gasteiger partial charge on any atom is 0.408 e. The second kappa shape index (κ2) is 17.2. The van der Waals surface area contributed by atoms with Crippen LogP contribution in [0.5, 0.6) is 0 Å². The molecule has 1 rings (SSSR count). The molecule has 11 nitrogen and oxygen atoms in total. The number of rotatable bonds is 14. The van der Waals surface area contributed by atoms with Crippen LogP contribution in [-0.4, -0.2) is 61.1 Å². The summed E-state index contributed by atoms with van der Waals surface area (Å²) in [5.41, 5.74) is -0.307. The summed E-state index contributed by atoms with van der Waals surface area (Å²) in [6, 6.07) is 8.45. The summed E-state index contributed by atoms with van der Waals surface area (Å²) < 4.78 is 15.7. The van der Waals surface area contributed by atoms with Crippen molar-refractivity contribution in [1.29, 1.82) is 0 Å². The maximum atomic E-state index is 12.8. The van der Waals surface area contributed by atoms with Gasteiger partial charge in [0.1, 0.15) is 23.9 Å². The minimum absolute atomic E-state index is 0.0888. The second-order valence-electron chi connectivity index (χ2n) is 11.1. The fourth-order valence-electron chi connectivity index (χ4n) is 3.24. The lowest BCUT2D eigenvalue weighted by atomic mass is 10.1.